The van der Waals surface area contributed by atoms with Crippen LogP contribution in [0.5, 0.6) is 0 Å². The molecule has 0 aliphatic carbocycles. The second kappa shape index (κ2) is 6.80. The minimum Gasteiger partial charge on any atom is -0.465 e. The van der Waals surface area contributed by atoms with E-state index < -0.39 is 5.97 Å². The van der Waals surface area contributed by atoms with E-state index >= 15 is 0 Å². The molecule has 1 unspecified atom stereocenters. The highest BCUT2D eigenvalue weighted by molar-refractivity contribution is 5.97. The maximum Gasteiger partial charge on any atom is 0.340 e. The van der Waals surface area contributed by atoms with Gasteiger partial charge in [-0.2, -0.15) is 0 Å². The number of likely N-dealkylation sites (N-methyl/N-ethyl adjacent to an activating group) is 1. The first-order chi connectivity index (χ1) is 10.0. The topological polar surface area (TPSA) is 64.8 Å². The Kier molecular flexibility index (Phi) is 5.07. The third-order valence-corrected chi connectivity index (χ3v) is 3.97. The van der Waals surface area contributed by atoms with Crippen LogP contribution in [0.2, 0.25) is 0 Å². The van der Waals surface area contributed by atoms with Crippen LogP contribution in [0.4, 0.5) is 11.4 Å². The van der Waals surface area contributed by atoms with Crippen molar-refractivity contribution in [1.82, 2.24) is 0 Å². The number of esters is 1. The van der Waals surface area contributed by atoms with Crippen LogP contribution in [0, 0.1) is 6.92 Å². The lowest BCUT2D eigenvalue weighted by Crippen LogP contribution is -2.33. The van der Waals surface area contributed by atoms with Crippen LogP contribution in [-0.4, -0.2) is 39.4 Å². The molecule has 2 rings (SSSR count). The van der Waals surface area contributed by atoms with Crippen molar-refractivity contribution in [3.05, 3.63) is 23.3 Å². The van der Waals surface area contributed by atoms with Gasteiger partial charge in [0.15, 0.2) is 0 Å². The highest BCUT2D eigenvalue weighted by Crippen LogP contribution is 2.26. The van der Waals surface area contributed by atoms with Gasteiger partial charge < -0.3 is 20.1 Å². The number of nitrogens with zero attached hydrogens (tertiary/aromatic N) is 1. The minimum atomic E-state index is -0.403. The molecular formula is C16H24N2O3. The molecule has 0 aromatic heterocycles. The molecule has 1 fully saturated rings. The van der Waals surface area contributed by atoms with E-state index in [1.165, 1.54) is 13.5 Å². The van der Waals surface area contributed by atoms with E-state index in [-0.39, 0.29) is 6.10 Å². The normalized spacial score (nSPS) is 18.3. The molecule has 1 aromatic carbocycles. The summed E-state index contributed by atoms with van der Waals surface area (Å²) < 4.78 is 10.6. The van der Waals surface area contributed by atoms with Gasteiger partial charge >= 0.3 is 5.97 Å². The average Bonchev–Trinajstić information content (AvgIpc) is 2.50. The molecule has 2 N–H and O–H groups in total. The van der Waals surface area contributed by atoms with E-state index in [9.17, 15) is 4.79 Å². The molecule has 0 amide bonds. The van der Waals surface area contributed by atoms with Gasteiger partial charge in [0.2, 0.25) is 0 Å². The molecule has 1 saturated heterocycles. The first kappa shape index (κ1) is 15.6. The summed E-state index contributed by atoms with van der Waals surface area (Å²) in [6.07, 6.45) is 3.70. The summed E-state index contributed by atoms with van der Waals surface area (Å²) in [6, 6.07) is 3.78. The standard InChI is InChI=1S/C16H24N2O3/c1-11-8-12(9-14(15(11)17)16(19)20-3)18(2)10-13-6-4-5-7-21-13/h8-9,13H,4-7,10,17H2,1-3H3. The minimum absolute atomic E-state index is 0.253. The monoisotopic (exact) mass is 292 g/mol. The number of aryl methyl sites for hydroxylation is 1. The second-order valence-corrected chi connectivity index (χ2v) is 5.58. The van der Waals surface area contributed by atoms with Crippen LogP contribution in [0.15, 0.2) is 12.1 Å². The van der Waals surface area contributed by atoms with Crippen molar-refractivity contribution in [3.8, 4) is 0 Å². The van der Waals surface area contributed by atoms with Gasteiger partial charge in [-0.05, 0) is 43.9 Å². The van der Waals surface area contributed by atoms with E-state index in [1.807, 2.05) is 20.0 Å². The Morgan fingerprint density at radius 1 is 1.48 bits per heavy atom. The van der Waals surface area contributed by atoms with E-state index in [1.54, 1.807) is 6.07 Å². The molecule has 116 valence electrons. The van der Waals surface area contributed by atoms with Crippen LogP contribution in [0.25, 0.3) is 0 Å². The Morgan fingerprint density at radius 2 is 2.24 bits per heavy atom. The number of carbonyl (C=O) groups is 1. The third-order valence-electron chi connectivity index (χ3n) is 3.97. The predicted molar refractivity (Wildman–Crippen MR) is 83.8 cm³/mol. The summed E-state index contributed by atoms with van der Waals surface area (Å²) in [5.74, 6) is -0.403. The van der Waals surface area contributed by atoms with Crippen molar-refractivity contribution < 1.29 is 14.3 Å². The lowest BCUT2D eigenvalue weighted by Gasteiger charge is -2.29. The average molecular weight is 292 g/mol. The first-order valence-corrected chi connectivity index (χ1v) is 7.34. The summed E-state index contributed by atoms with van der Waals surface area (Å²) in [7, 11) is 3.37. The predicted octanol–water partition coefficient (Wildman–Crippen LogP) is 2.37. The summed E-state index contributed by atoms with van der Waals surface area (Å²) in [4.78, 5) is 13.9. The summed E-state index contributed by atoms with van der Waals surface area (Å²) >= 11 is 0. The number of carbonyl (C=O) groups excluding carboxylic acids is 1. The Balaban J connectivity index is 2.18. The van der Waals surface area contributed by atoms with Gasteiger partial charge in [-0.25, -0.2) is 4.79 Å². The van der Waals surface area contributed by atoms with E-state index in [0.717, 1.165) is 37.2 Å². The van der Waals surface area contributed by atoms with Crippen molar-refractivity contribution in [3.63, 3.8) is 0 Å². The van der Waals surface area contributed by atoms with Crippen LogP contribution >= 0.6 is 0 Å². The van der Waals surface area contributed by atoms with E-state index in [0.29, 0.717) is 11.3 Å². The number of nitrogen functional groups attached to an aromatic ring is 1. The summed E-state index contributed by atoms with van der Waals surface area (Å²) in [6.45, 7) is 3.55. The number of anilines is 2. The van der Waals surface area contributed by atoms with Gasteiger partial charge in [0.25, 0.3) is 0 Å². The Morgan fingerprint density at radius 3 is 2.86 bits per heavy atom. The van der Waals surface area contributed by atoms with Gasteiger partial charge in [-0.1, -0.05) is 0 Å². The molecule has 21 heavy (non-hydrogen) atoms. The number of hydrogen-bond acceptors (Lipinski definition) is 5. The highest BCUT2D eigenvalue weighted by Gasteiger charge is 2.19. The Bertz CT molecular complexity index is 510. The molecule has 1 atom stereocenters. The van der Waals surface area contributed by atoms with Crippen molar-refractivity contribution in [2.24, 2.45) is 0 Å². The smallest absolute Gasteiger partial charge is 0.340 e. The molecule has 1 aliphatic heterocycles. The lowest BCUT2D eigenvalue weighted by atomic mass is 10.1. The van der Waals surface area contributed by atoms with Crippen molar-refractivity contribution in [2.75, 3.05) is 37.9 Å². The summed E-state index contributed by atoms with van der Waals surface area (Å²) in [5.41, 5.74) is 8.70. The SMILES string of the molecule is COC(=O)c1cc(N(C)CC2CCCCO2)cc(C)c1N. The molecule has 5 heteroatoms. The summed E-state index contributed by atoms with van der Waals surface area (Å²) in [5, 5.41) is 0. The van der Waals surface area contributed by atoms with Crippen molar-refractivity contribution >= 4 is 17.3 Å². The van der Waals surface area contributed by atoms with Gasteiger partial charge in [0.05, 0.1) is 18.8 Å². The Labute approximate surface area is 126 Å². The molecule has 0 bridgehead atoms. The van der Waals surface area contributed by atoms with E-state index in [4.69, 9.17) is 15.2 Å². The van der Waals surface area contributed by atoms with Crippen molar-refractivity contribution in [2.45, 2.75) is 32.3 Å². The molecule has 0 spiro atoms. The maximum atomic E-state index is 11.8. The zero-order valence-corrected chi connectivity index (χ0v) is 13.0. The molecule has 0 radical (unpaired) electrons. The van der Waals surface area contributed by atoms with Gasteiger partial charge in [0.1, 0.15) is 0 Å². The fourth-order valence-electron chi connectivity index (χ4n) is 2.64. The van der Waals surface area contributed by atoms with Gasteiger partial charge in [0, 0.05) is 31.6 Å². The van der Waals surface area contributed by atoms with Crippen LogP contribution in [-0.2, 0) is 9.47 Å². The molecular weight excluding hydrogens is 268 g/mol. The number of ether oxygens (including phenoxy) is 2. The molecule has 1 heterocycles. The number of rotatable bonds is 4. The number of nitrogens with two attached hydrogens (primary N) is 1. The highest BCUT2D eigenvalue weighted by atomic mass is 16.5. The van der Waals surface area contributed by atoms with Gasteiger partial charge in [-0.3, -0.25) is 0 Å². The van der Waals surface area contributed by atoms with Gasteiger partial charge in [-0.15, -0.1) is 0 Å². The number of hydrogen-bond donors (Lipinski definition) is 1. The van der Waals surface area contributed by atoms with Crippen molar-refractivity contribution in [1.29, 1.82) is 0 Å². The van der Waals surface area contributed by atoms with E-state index in [2.05, 4.69) is 4.90 Å². The zero-order chi connectivity index (χ0) is 15.4. The van der Waals surface area contributed by atoms with Crippen LogP contribution < -0.4 is 10.6 Å². The quantitative estimate of drug-likeness (QED) is 0.682. The molecule has 5 nitrogen and oxygen atoms in total. The third kappa shape index (κ3) is 3.67. The maximum absolute atomic E-state index is 11.8. The number of benzene rings is 1. The van der Waals surface area contributed by atoms with Crippen LogP contribution in [0.1, 0.15) is 35.2 Å². The fourth-order valence-corrected chi connectivity index (χ4v) is 2.64. The molecule has 1 aromatic rings. The second-order valence-electron chi connectivity index (χ2n) is 5.58. The lowest BCUT2D eigenvalue weighted by molar-refractivity contribution is 0.0216. The fraction of sp³-hybridized carbons (Fsp3) is 0.562. The number of methoxy groups -OCH3 is 1. The first-order valence-electron chi connectivity index (χ1n) is 7.34. The zero-order valence-electron chi connectivity index (χ0n) is 13.0. The molecule has 0 saturated carbocycles. The molecule has 1 aliphatic rings. The largest absolute Gasteiger partial charge is 0.465 e. The Hall–Kier alpha value is -1.75. The van der Waals surface area contributed by atoms with Crippen LogP contribution in [0.3, 0.4) is 0 Å².